The number of nitrogens with one attached hydrogen (secondary N) is 1. The van der Waals surface area contributed by atoms with Crippen molar-refractivity contribution in [2.45, 2.75) is 31.6 Å². The number of aryl methyl sites for hydroxylation is 3. The first kappa shape index (κ1) is 17.0. The molecule has 0 spiro atoms. The van der Waals surface area contributed by atoms with Crippen molar-refractivity contribution in [1.29, 1.82) is 0 Å². The molecule has 0 radical (unpaired) electrons. The molecular formula is C17H19NO4S. The van der Waals surface area contributed by atoms with Crippen molar-refractivity contribution in [3.05, 3.63) is 59.2 Å². The highest BCUT2D eigenvalue weighted by molar-refractivity contribution is 7.92. The topological polar surface area (TPSA) is 83.5 Å². The molecule has 0 aromatic heterocycles. The lowest BCUT2D eigenvalue weighted by molar-refractivity contribution is -0.136. The maximum absolute atomic E-state index is 12.4. The number of hydrogen-bond acceptors (Lipinski definition) is 3. The highest BCUT2D eigenvalue weighted by Crippen LogP contribution is 2.19. The molecule has 2 N–H and O–H groups in total. The van der Waals surface area contributed by atoms with E-state index in [1.807, 2.05) is 19.9 Å². The Kier molecular flexibility index (Phi) is 5.05. The standard InChI is InChI=1S/C17H19NO4S/c1-12-9-13(2)11-15(10-12)18-23(21,22)16-6-3-14(4-7-16)5-8-17(19)20/h3-4,6-7,9-11,18H,5,8H2,1-2H3,(H,19,20). The van der Waals surface area contributed by atoms with Crippen LogP contribution in [0.2, 0.25) is 0 Å². The fourth-order valence-electron chi connectivity index (χ4n) is 2.33. The Bertz CT molecular complexity index is 791. The van der Waals surface area contributed by atoms with Crippen molar-refractivity contribution in [3.8, 4) is 0 Å². The maximum Gasteiger partial charge on any atom is 0.303 e. The molecule has 0 aliphatic heterocycles. The van der Waals surface area contributed by atoms with Crippen molar-refractivity contribution in [3.63, 3.8) is 0 Å². The number of benzene rings is 2. The molecule has 0 atom stereocenters. The fraction of sp³-hybridized carbons (Fsp3) is 0.235. The molecule has 23 heavy (non-hydrogen) atoms. The van der Waals surface area contributed by atoms with Crippen LogP contribution in [-0.2, 0) is 21.2 Å². The van der Waals surface area contributed by atoms with Crippen molar-refractivity contribution in [2.75, 3.05) is 4.72 Å². The van der Waals surface area contributed by atoms with E-state index in [-0.39, 0.29) is 11.3 Å². The SMILES string of the molecule is Cc1cc(C)cc(NS(=O)(=O)c2ccc(CCC(=O)O)cc2)c1. The molecule has 0 aliphatic carbocycles. The van der Waals surface area contributed by atoms with Gasteiger partial charge in [-0.1, -0.05) is 18.2 Å². The number of carboxylic acid groups (broad SMARTS) is 1. The Morgan fingerprint density at radius 2 is 1.61 bits per heavy atom. The summed E-state index contributed by atoms with van der Waals surface area (Å²) in [5.74, 6) is -0.877. The summed E-state index contributed by atoms with van der Waals surface area (Å²) in [5.41, 5.74) is 3.27. The average molecular weight is 333 g/mol. The largest absolute Gasteiger partial charge is 0.481 e. The molecular weight excluding hydrogens is 314 g/mol. The second kappa shape index (κ2) is 6.83. The fourth-order valence-corrected chi connectivity index (χ4v) is 3.37. The van der Waals surface area contributed by atoms with Crippen LogP contribution in [0.15, 0.2) is 47.4 Å². The molecule has 2 aromatic rings. The van der Waals surface area contributed by atoms with Gasteiger partial charge in [-0.05, 0) is 61.2 Å². The summed E-state index contributed by atoms with van der Waals surface area (Å²) in [6.07, 6.45) is 0.396. The monoisotopic (exact) mass is 333 g/mol. The number of hydrogen-bond donors (Lipinski definition) is 2. The molecule has 0 amide bonds. The number of aliphatic carboxylic acids is 1. The van der Waals surface area contributed by atoms with E-state index < -0.39 is 16.0 Å². The predicted octanol–water partition coefficient (Wildman–Crippen LogP) is 3.12. The molecule has 0 saturated heterocycles. The summed E-state index contributed by atoms with van der Waals surface area (Å²) in [5, 5.41) is 8.66. The van der Waals surface area contributed by atoms with Gasteiger partial charge < -0.3 is 5.11 Å². The molecule has 2 rings (SSSR count). The van der Waals surface area contributed by atoms with Gasteiger partial charge in [0.25, 0.3) is 10.0 Å². The first-order chi connectivity index (χ1) is 10.8. The maximum atomic E-state index is 12.4. The molecule has 0 bridgehead atoms. The Morgan fingerprint density at radius 3 is 2.13 bits per heavy atom. The lowest BCUT2D eigenvalue weighted by atomic mass is 10.1. The Labute approximate surface area is 136 Å². The van der Waals surface area contributed by atoms with Gasteiger partial charge in [-0.15, -0.1) is 0 Å². The smallest absolute Gasteiger partial charge is 0.303 e. The second-order valence-corrected chi connectivity index (χ2v) is 7.20. The molecule has 5 nitrogen and oxygen atoms in total. The minimum Gasteiger partial charge on any atom is -0.481 e. The highest BCUT2D eigenvalue weighted by atomic mass is 32.2. The van der Waals surface area contributed by atoms with Crippen LogP contribution < -0.4 is 4.72 Å². The third-order valence-corrected chi connectivity index (χ3v) is 4.73. The normalized spacial score (nSPS) is 11.2. The molecule has 0 saturated carbocycles. The van der Waals surface area contributed by atoms with Crippen LogP contribution in [0.25, 0.3) is 0 Å². The van der Waals surface area contributed by atoms with E-state index in [1.54, 1.807) is 24.3 Å². The van der Waals surface area contributed by atoms with Gasteiger partial charge in [0.05, 0.1) is 4.90 Å². The van der Waals surface area contributed by atoms with Crippen molar-refractivity contribution >= 4 is 21.7 Å². The molecule has 0 aliphatic rings. The van der Waals surface area contributed by atoms with E-state index in [2.05, 4.69) is 4.72 Å². The highest BCUT2D eigenvalue weighted by Gasteiger charge is 2.14. The lowest BCUT2D eigenvalue weighted by Crippen LogP contribution is -2.13. The predicted molar refractivity (Wildman–Crippen MR) is 89.1 cm³/mol. The summed E-state index contributed by atoms with van der Waals surface area (Å²) >= 11 is 0. The summed E-state index contributed by atoms with van der Waals surface area (Å²) < 4.78 is 27.4. The van der Waals surface area contributed by atoms with Gasteiger partial charge >= 0.3 is 5.97 Å². The van der Waals surface area contributed by atoms with Crippen LogP contribution in [0.5, 0.6) is 0 Å². The minimum absolute atomic E-state index is 0.0207. The van der Waals surface area contributed by atoms with Gasteiger partial charge in [0, 0.05) is 12.1 Å². The number of anilines is 1. The second-order valence-electron chi connectivity index (χ2n) is 5.52. The zero-order chi connectivity index (χ0) is 17.0. The van der Waals surface area contributed by atoms with E-state index in [1.165, 1.54) is 12.1 Å². The van der Waals surface area contributed by atoms with E-state index >= 15 is 0 Å². The molecule has 0 unspecified atom stereocenters. The average Bonchev–Trinajstić information content (AvgIpc) is 2.44. The zero-order valence-electron chi connectivity index (χ0n) is 13.0. The van der Waals surface area contributed by atoms with E-state index in [0.29, 0.717) is 12.1 Å². The van der Waals surface area contributed by atoms with Crippen LogP contribution in [-0.4, -0.2) is 19.5 Å². The van der Waals surface area contributed by atoms with Gasteiger partial charge in [-0.3, -0.25) is 9.52 Å². The number of carbonyl (C=O) groups is 1. The van der Waals surface area contributed by atoms with Gasteiger partial charge in [-0.25, -0.2) is 8.42 Å². The summed E-state index contributed by atoms with van der Waals surface area (Å²) in [6.45, 7) is 3.81. The molecule has 6 heteroatoms. The van der Waals surface area contributed by atoms with Crippen LogP contribution in [0.1, 0.15) is 23.1 Å². The molecule has 122 valence electrons. The van der Waals surface area contributed by atoms with Crippen molar-refractivity contribution < 1.29 is 18.3 Å². The van der Waals surface area contributed by atoms with Crippen molar-refractivity contribution in [1.82, 2.24) is 0 Å². The zero-order valence-corrected chi connectivity index (χ0v) is 13.9. The van der Waals surface area contributed by atoms with Gasteiger partial charge in [0.1, 0.15) is 0 Å². The number of carboxylic acids is 1. The first-order valence-electron chi connectivity index (χ1n) is 7.18. The van der Waals surface area contributed by atoms with Crippen LogP contribution in [0.3, 0.4) is 0 Å². The molecule has 2 aromatic carbocycles. The summed E-state index contributed by atoms with van der Waals surface area (Å²) in [4.78, 5) is 10.7. The molecule has 0 fully saturated rings. The third kappa shape index (κ3) is 4.82. The Morgan fingerprint density at radius 1 is 1.04 bits per heavy atom. The van der Waals surface area contributed by atoms with Gasteiger partial charge in [0.2, 0.25) is 0 Å². The third-order valence-electron chi connectivity index (χ3n) is 3.34. The first-order valence-corrected chi connectivity index (χ1v) is 8.66. The summed E-state index contributed by atoms with van der Waals surface area (Å²) in [7, 11) is -3.66. The van der Waals surface area contributed by atoms with Crippen LogP contribution in [0, 0.1) is 13.8 Å². The lowest BCUT2D eigenvalue weighted by Gasteiger charge is -2.10. The Hall–Kier alpha value is -2.34. The van der Waals surface area contributed by atoms with E-state index in [9.17, 15) is 13.2 Å². The van der Waals surface area contributed by atoms with Crippen LogP contribution in [0.4, 0.5) is 5.69 Å². The molecule has 0 heterocycles. The van der Waals surface area contributed by atoms with Gasteiger partial charge in [-0.2, -0.15) is 0 Å². The quantitative estimate of drug-likeness (QED) is 0.851. The van der Waals surface area contributed by atoms with Gasteiger partial charge in [0.15, 0.2) is 0 Å². The summed E-state index contributed by atoms with van der Waals surface area (Å²) in [6, 6.07) is 11.8. The van der Waals surface area contributed by atoms with Crippen molar-refractivity contribution in [2.24, 2.45) is 0 Å². The number of sulfonamides is 1. The number of rotatable bonds is 6. The van der Waals surface area contributed by atoms with Crippen LogP contribution >= 0.6 is 0 Å². The van der Waals surface area contributed by atoms with E-state index in [4.69, 9.17) is 5.11 Å². The Balaban J connectivity index is 2.17. The van der Waals surface area contributed by atoms with E-state index in [0.717, 1.165) is 16.7 Å². The minimum atomic E-state index is -3.66.